The number of benzene rings is 2. The van der Waals surface area contributed by atoms with Crippen LogP contribution < -0.4 is 11.1 Å². The smallest absolute Gasteiger partial charge is 0.323 e. The number of hydrogen-bond donors (Lipinski definition) is 5. The van der Waals surface area contributed by atoms with Gasteiger partial charge in [-0.05, 0) is 83.1 Å². The summed E-state index contributed by atoms with van der Waals surface area (Å²) in [5.41, 5.74) is 5.09. The van der Waals surface area contributed by atoms with Crippen LogP contribution >= 0.6 is 0 Å². The van der Waals surface area contributed by atoms with Gasteiger partial charge in [0, 0.05) is 24.5 Å². The summed E-state index contributed by atoms with van der Waals surface area (Å²) in [7, 11) is 0. The molecule has 1 amide bonds. The SMILES string of the molecule is CCOC(=O)C(NCc1ccc(CC)c(-c2ccc(O)c3c2C[C@H]2C[C@H]4CC(N=O)=C(C(N)=O)C(=O)[C@@]4(O)C(O)=C2C3=O)c1)C(C)C. The monoisotopic (exact) mass is 645 g/mol. The number of nitrogens with one attached hydrogen (secondary N) is 1. The number of rotatable bonds is 10. The van der Waals surface area contributed by atoms with Crippen molar-refractivity contribution in [2.45, 2.75) is 71.6 Å². The number of aliphatic hydroxyl groups is 2. The highest BCUT2D eigenvalue weighted by atomic mass is 16.5. The van der Waals surface area contributed by atoms with Gasteiger partial charge in [0.1, 0.15) is 28.8 Å². The molecule has 4 atom stereocenters. The standard InChI is InChI=1S/C35H39N3O9/c1-5-18-8-7-17(15-37-29(16(3)4)34(44)47-6-2)11-22(18)21-9-10-25(39)27-23(21)13-19-12-20-14-24(38-46)28(33(36)43)32(42)35(20,45)31(41)26(19)30(27)40/h7-11,16,19-20,29,37,39,41,45H,5-6,12-15H2,1-4H3,(H2,36,43)/t19-,20+,29?,35+/m1/s1. The number of aryl methyl sites for hydroxylation is 1. The van der Waals surface area contributed by atoms with E-state index in [1.165, 1.54) is 6.07 Å². The largest absolute Gasteiger partial charge is 0.508 e. The Morgan fingerprint density at radius 2 is 1.83 bits per heavy atom. The van der Waals surface area contributed by atoms with E-state index < -0.39 is 58.0 Å². The molecule has 0 saturated carbocycles. The van der Waals surface area contributed by atoms with E-state index in [0.29, 0.717) is 24.1 Å². The number of carbonyl (C=O) groups excluding carboxylic acids is 4. The van der Waals surface area contributed by atoms with Crippen LogP contribution in [-0.2, 0) is 38.5 Å². The van der Waals surface area contributed by atoms with Crippen LogP contribution in [0.4, 0.5) is 0 Å². The van der Waals surface area contributed by atoms with E-state index in [0.717, 1.165) is 16.7 Å². The predicted octanol–water partition coefficient (Wildman–Crippen LogP) is 3.70. The molecule has 0 heterocycles. The van der Waals surface area contributed by atoms with Crippen molar-refractivity contribution in [3.05, 3.63) is 80.1 Å². The van der Waals surface area contributed by atoms with Crippen LogP contribution in [0.5, 0.6) is 5.75 Å². The minimum absolute atomic E-state index is 0.0129. The Labute approximate surface area is 271 Å². The molecular formula is C35H39N3O9. The first-order chi connectivity index (χ1) is 22.3. The number of ketones is 2. The van der Waals surface area contributed by atoms with Crippen LogP contribution in [-0.4, -0.2) is 57.0 Å². The van der Waals surface area contributed by atoms with Gasteiger partial charge in [-0.3, -0.25) is 19.2 Å². The van der Waals surface area contributed by atoms with E-state index in [1.54, 1.807) is 13.0 Å². The first-order valence-electron chi connectivity index (χ1n) is 15.8. The Hall–Kier alpha value is -4.68. The third-order valence-electron chi connectivity index (χ3n) is 9.63. The summed E-state index contributed by atoms with van der Waals surface area (Å²) in [5.74, 6) is -6.61. The molecule has 5 rings (SSSR count). The molecule has 0 aromatic heterocycles. The van der Waals surface area contributed by atoms with Crippen LogP contribution in [0.2, 0.25) is 0 Å². The number of aliphatic hydroxyl groups excluding tert-OH is 1. The first-order valence-corrected chi connectivity index (χ1v) is 15.8. The fraction of sp³-hybridized carbons (Fsp3) is 0.429. The maximum atomic E-state index is 14.1. The average molecular weight is 646 g/mol. The van der Waals surface area contributed by atoms with Crippen molar-refractivity contribution in [3.63, 3.8) is 0 Å². The number of carbonyl (C=O) groups is 4. The van der Waals surface area contributed by atoms with Gasteiger partial charge in [0.05, 0.1) is 12.2 Å². The number of hydrogen-bond acceptors (Lipinski definition) is 11. The number of phenolic OH excluding ortho intramolecular Hbond substituents is 1. The Kier molecular flexibility index (Phi) is 9.20. The highest BCUT2D eigenvalue weighted by Crippen LogP contribution is 2.52. The number of esters is 1. The van der Waals surface area contributed by atoms with Gasteiger partial charge in [-0.1, -0.05) is 39.0 Å². The molecule has 0 aliphatic heterocycles. The summed E-state index contributed by atoms with van der Waals surface area (Å²) in [6.07, 6.45) is 0.545. The zero-order valence-electron chi connectivity index (χ0n) is 26.8. The first kappa shape index (κ1) is 33.7. The number of nitrogens with zero attached hydrogens (tertiary/aromatic N) is 1. The maximum Gasteiger partial charge on any atom is 0.323 e. The van der Waals surface area contributed by atoms with Crippen LogP contribution in [0.3, 0.4) is 0 Å². The van der Waals surface area contributed by atoms with Gasteiger partial charge in [-0.15, -0.1) is 4.91 Å². The molecule has 0 bridgehead atoms. The van der Waals surface area contributed by atoms with E-state index in [4.69, 9.17) is 10.5 Å². The number of nitroso groups, excluding NO2 is 1. The molecule has 3 aliphatic rings. The molecular weight excluding hydrogens is 606 g/mol. The third kappa shape index (κ3) is 5.55. The molecule has 0 spiro atoms. The van der Waals surface area contributed by atoms with Gasteiger partial charge in [-0.2, -0.15) is 0 Å². The number of fused-ring (bicyclic) bond motifs is 3. The number of allylic oxidation sites excluding steroid dienone is 2. The number of primary amides is 1. The van der Waals surface area contributed by atoms with Crippen LogP contribution in [0.1, 0.15) is 67.6 Å². The predicted molar refractivity (Wildman–Crippen MR) is 171 cm³/mol. The van der Waals surface area contributed by atoms with E-state index in [2.05, 4.69) is 10.5 Å². The topological polar surface area (TPSA) is 206 Å². The zero-order valence-corrected chi connectivity index (χ0v) is 26.8. The molecule has 2 aromatic carbocycles. The quantitative estimate of drug-likeness (QED) is 0.144. The van der Waals surface area contributed by atoms with Gasteiger partial charge in [0.2, 0.25) is 5.78 Å². The van der Waals surface area contributed by atoms with Gasteiger partial charge in [0.15, 0.2) is 11.4 Å². The van der Waals surface area contributed by atoms with E-state index in [1.807, 2.05) is 39.0 Å². The molecule has 248 valence electrons. The minimum Gasteiger partial charge on any atom is -0.508 e. The number of Topliss-reactive ketones (excluding diaryl/α,β-unsaturated/α-hetero) is 2. The second-order valence-corrected chi connectivity index (χ2v) is 12.7. The number of phenols is 1. The lowest BCUT2D eigenvalue weighted by molar-refractivity contribution is -0.147. The van der Waals surface area contributed by atoms with Crippen molar-refractivity contribution in [2.24, 2.45) is 28.7 Å². The molecule has 0 saturated heterocycles. The molecule has 47 heavy (non-hydrogen) atoms. The molecule has 2 aromatic rings. The second-order valence-electron chi connectivity index (χ2n) is 12.7. The number of ether oxygens (including phenoxy) is 1. The zero-order chi connectivity index (χ0) is 34.4. The maximum absolute atomic E-state index is 14.1. The number of aromatic hydroxyl groups is 1. The van der Waals surface area contributed by atoms with Crippen LogP contribution in [0.25, 0.3) is 11.1 Å². The highest BCUT2D eigenvalue weighted by molar-refractivity contribution is 6.24. The lowest BCUT2D eigenvalue weighted by Gasteiger charge is -2.45. The van der Waals surface area contributed by atoms with Gasteiger partial charge < -0.3 is 31.1 Å². The Balaban J connectivity index is 1.58. The summed E-state index contributed by atoms with van der Waals surface area (Å²) in [5, 5.41) is 40.0. The molecule has 0 radical (unpaired) electrons. The third-order valence-corrected chi connectivity index (χ3v) is 9.63. The normalized spacial score (nSPS) is 22.9. The van der Waals surface area contributed by atoms with Crippen molar-refractivity contribution >= 4 is 23.4 Å². The fourth-order valence-corrected chi connectivity index (χ4v) is 7.30. The van der Waals surface area contributed by atoms with Crippen molar-refractivity contribution < 1.29 is 39.2 Å². The van der Waals surface area contributed by atoms with Crippen molar-refractivity contribution in [1.29, 1.82) is 0 Å². The van der Waals surface area contributed by atoms with Gasteiger partial charge >= 0.3 is 5.97 Å². The van der Waals surface area contributed by atoms with E-state index in [9.17, 15) is 39.4 Å². The van der Waals surface area contributed by atoms with Crippen LogP contribution in [0, 0.1) is 22.7 Å². The van der Waals surface area contributed by atoms with E-state index >= 15 is 0 Å². The molecule has 3 aliphatic carbocycles. The lowest BCUT2D eigenvalue weighted by atomic mass is 9.59. The van der Waals surface area contributed by atoms with Crippen molar-refractivity contribution in [3.8, 4) is 16.9 Å². The highest BCUT2D eigenvalue weighted by Gasteiger charge is 2.59. The number of nitrogens with two attached hydrogens (primary N) is 1. The minimum atomic E-state index is -2.65. The van der Waals surface area contributed by atoms with Gasteiger partial charge in [-0.25, -0.2) is 0 Å². The Morgan fingerprint density at radius 3 is 2.45 bits per heavy atom. The summed E-state index contributed by atoms with van der Waals surface area (Å²) in [4.78, 5) is 63.5. The second kappa shape index (κ2) is 12.8. The van der Waals surface area contributed by atoms with Crippen molar-refractivity contribution in [2.75, 3.05) is 6.61 Å². The van der Waals surface area contributed by atoms with Crippen LogP contribution in [0.15, 0.2) is 58.1 Å². The van der Waals surface area contributed by atoms with Gasteiger partial charge in [0.25, 0.3) is 5.91 Å². The fourth-order valence-electron chi connectivity index (χ4n) is 7.30. The Bertz CT molecular complexity index is 1760. The lowest BCUT2D eigenvalue weighted by Crippen LogP contribution is -2.57. The van der Waals surface area contributed by atoms with Crippen molar-refractivity contribution in [1.82, 2.24) is 5.32 Å². The molecule has 0 fully saturated rings. The summed E-state index contributed by atoms with van der Waals surface area (Å²) in [6, 6.07) is 8.53. The van der Waals surface area contributed by atoms with E-state index in [-0.39, 0.29) is 54.6 Å². The summed E-state index contributed by atoms with van der Waals surface area (Å²) >= 11 is 0. The molecule has 12 nitrogen and oxygen atoms in total. The Morgan fingerprint density at radius 1 is 1.11 bits per heavy atom. The summed E-state index contributed by atoms with van der Waals surface area (Å²) < 4.78 is 5.23. The average Bonchev–Trinajstić information content (AvgIpc) is 3.02. The molecule has 1 unspecified atom stereocenters. The molecule has 12 heteroatoms. The summed E-state index contributed by atoms with van der Waals surface area (Å²) in [6.45, 7) is 8.25. The molecule has 6 N–H and O–H groups in total. The number of amides is 1.